The maximum absolute atomic E-state index is 4.14. The molecule has 2 heteroatoms. The Balaban J connectivity index is 2.11. The van der Waals surface area contributed by atoms with E-state index in [4.69, 9.17) is 0 Å². The molecule has 102 valence electrons. The summed E-state index contributed by atoms with van der Waals surface area (Å²) in [7, 11) is 0. The molecule has 0 aliphatic heterocycles. The van der Waals surface area contributed by atoms with Gasteiger partial charge in [-0.1, -0.05) is 47.5 Å². The van der Waals surface area contributed by atoms with Crippen molar-refractivity contribution in [3.63, 3.8) is 0 Å². The quantitative estimate of drug-likeness (QED) is 0.581. The molecule has 0 heterocycles. The van der Waals surface area contributed by atoms with E-state index in [-0.39, 0.29) is 0 Å². The van der Waals surface area contributed by atoms with Crippen LogP contribution in [0.4, 0.5) is 0 Å². The van der Waals surface area contributed by atoms with Crippen LogP contribution >= 0.6 is 0 Å². The second kappa shape index (κ2) is 6.29. The van der Waals surface area contributed by atoms with Crippen LogP contribution in [-0.4, -0.2) is 12.4 Å². The van der Waals surface area contributed by atoms with E-state index < -0.39 is 0 Å². The third kappa shape index (κ3) is 3.64. The molecule has 0 saturated carbocycles. The summed E-state index contributed by atoms with van der Waals surface area (Å²) in [5.41, 5.74) is 7.17. The van der Waals surface area contributed by atoms with Crippen molar-refractivity contribution in [2.45, 2.75) is 27.7 Å². The highest BCUT2D eigenvalue weighted by molar-refractivity contribution is 5.84. The highest BCUT2D eigenvalue weighted by Crippen LogP contribution is 2.09. The molecule has 0 amide bonds. The van der Waals surface area contributed by atoms with Crippen LogP contribution in [0, 0.1) is 27.7 Å². The van der Waals surface area contributed by atoms with E-state index in [9.17, 15) is 0 Å². The van der Waals surface area contributed by atoms with Crippen molar-refractivity contribution < 1.29 is 0 Å². The van der Waals surface area contributed by atoms with Crippen LogP contribution in [-0.2, 0) is 0 Å². The van der Waals surface area contributed by atoms with Crippen LogP contribution in [0.15, 0.2) is 46.6 Å². The highest BCUT2D eigenvalue weighted by Gasteiger charge is 1.95. The third-order valence-corrected chi connectivity index (χ3v) is 3.31. The summed E-state index contributed by atoms with van der Waals surface area (Å²) in [5, 5.41) is 8.27. The Hall–Kier alpha value is -2.22. The summed E-state index contributed by atoms with van der Waals surface area (Å²) in [6.07, 6.45) is 3.60. The molecule has 0 fully saturated rings. The summed E-state index contributed by atoms with van der Waals surface area (Å²) >= 11 is 0. The lowest BCUT2D eigenvalue weighted by Crippen LogP contribution is -1.89. The highest BCUT2D eigenvalue weighted by atomic mass is 15.2. The van der Waals surface area contributed by atoms with Crippen LogP contribution < -0.4 is 0 Å². The summed E-state index contributed by atoms with van der Waals surface area (Å²) in [5.74, 6) is 0. The SMILES string of the molecule is Cc1ccc(/C=N/N=C/c2ccc(C)cc2C)c(C)c1. The Bertz CT molecular complexity index is 608. The minimum Gasteiger partial charge on any atom is -0.159 e. The van der Waals surface area contributed by atoms with Crippen molar-refractivity contribution in [3.8, 4) is 0 Å². The van der Waals surface area contributed by atoms with Gasteiger partial charge < -0.3 is 0 Å². The summed E-state index contributed by atoms with van der Waals surface area (Å²) in [6, 6.07) is 12.6. The topological polar surface area (TPSA) is 24.7 Å². The van der Waals surface area contributed by atoms with Gasteiger partial charge in [-0.15, -0.1) is 0 Å². The average Bonchev–Trinajstić information content (AvgIpc) is 2.39. The van der Waals surface area contributed by atoms with E-state index in [1.807, 2.05) is 0 Å². The van der Waals surface area contributed by atoms with Crippen molar-refractivity contribution >= 4 is 12.4 Å². The van der Waals surface area contributed by atoms with Gasteiger partial charge in [0.25, 0.3) is 0 Å². The second-order valence-corrected chi connectivity index (χ2v) is 5.21. The predicted octanol–water partition coefficient (Wildman–Crippen LogP) is 4.37. The molecule has 0 atom stereocenters. The van der Waals surface area contributed by atoms with Crippen LogP contribution in [0.2, 0.25) is 0 Å². The maximum atomic E-state index is 4.14. The summed E-state index contributed by atoms with van der Waals surface area (Å²) < 4.78 is 0. The van der Waals surface area contributed by atoms with Gasteiger partial charge in [0.05, 0.1) is 12.4 Å². The third-order valence-electron chi connectivity index (χ3n) is 3.31. The van der Waals surface area contributed by atoms with Gasteiger partial charge in [0.15, 0.2) is 0 Å². The first-order chi connectivity index (χ1) is 9.56. The summed E-state index contributed by atoms with van der Waals surface area (Å²) in [4.78, 5) is 0. The first-order valence-corrected chi connectivity index (χ1v) is 6.77. The Labute approximate surface area is 120 Å². The molecule has 0 spiro atoms. The van der Waals surface area contributed by atoms with E-state index in [0.29, 0.717) is 0 Å². The number of rotatable bonds is 3. The van der Waals surface area contributed by atoms with Crippen LogP contribution in [0.3, 0.4) is 0 Å². The van der Waals surface area contributed by atoms with Crippen molar-refractivity contribution in [3.05, 3.63) is 69.8 Å². The molecule has 0 aromatic heterocycles. The van der Waals surface area contributed by atoms with Gasteiger partial charge in [-0.2, -0.15) is 10.2 Å². The van der Waals surface area contributed by atoms with Gasteiger partial charge in [0, 0.05) is 0 Å². The van der Waals surface area contributed by atoms with Gasteiger partial charge in [-0.25, -0.2) is 0 Å². The van der Waals surface area contributed by atoms with Gasteiger partial charge in [-0.05, 0) is 49.9 Å². The smallest absolute Gasteiger partial charge is 0.0570 e. The average molecular weight is 264 g/mol. The van der Waals surface area contributed by atoms with Gasteiger partial charge in [0.2, 0.25) is 0 Å². The first kappa shape index (κ1) is 14.2. The fraction of sp³-hybridized carbons (Fsp3) is 0.222. The van der Waals surface area contributed by atoms with Gasteiger partial charge in [-0.3, -0.25) is 0 Å². The van der Waals surface area contributed by atoms with Crippen molar-refractivity contribution in [2.24, 2.45) is 10.2 Å². The number of nitrogens with zero attached hydrogens (tertiary/aromatic N) is 2. The molecular formula is C18H20N2. The molecule has 0 saturated heterocycles. The fourth-order valence-corrected chi connectivity index (χ4v) is 2.13. The number of hydrogen-bond donors (Lipinski definition) is 0. The van der Waals surface area contributed by atoms with E-state index in [0.717, 1.165) is 11.1 Å². The first-order valence-electron chi connectivity index (χ1n) is 6.77. The normalized spacial score (nSPS) is 11.6. The molecule has 2 aromatic rings. The molecule has 2 rings (SSSR count). The summed E-state index contributed by atoms with van der Waals surface area (Å²) in [6.45, 7) is 8.35. The van der Waals surface area contributed by atoms with E-state index in [2.05, 4.69) is 74.3 Å². The van der Waals surface area contributed by atoms with E-state index in [1.165, 1.54) is 22.3 Å². The molecule has 0 aliphatic rings. The number of benzene rings is 2. The standard InChI is InChI=1S/C18H20N2/c1-13-5-7-17(15(3)9-13)11-19-20-12-18-8-6-14(2)10-16(18)4/h5-12H,1-4H3/b19-11+,20-12+. The molecular weight excluding hydrogens is 244 g/mol. The largest absolute Gasteiger partial charge is 0.159 e. The monoisotopic (exact) mass is 264 g/mol. The zero-order chi connectivity index (χ0) is 14.5. The lowest BCUT2D eigenvalue weighted by molar-refractivity contribution is 1.25. The minimum atomic E-state index is 1.10. The Morgan fingerprint density at radius 1 is 0.650 bits per heavy atom. The molecule has 0 radical (unpaired) electrons. The zero-order valence-electron chi connectivity index (χ0n) is 12.5. The number of aryl methyl sites for hydroxylation is 4. The molecule has 0 aliphatic carbocycles. The second-order valence-electron chi connectivity index (χ2n) is 5.21. The fourth-order valence-electron chi connectivity index (χ4n) is 2.13. The maximum Gasteiger partial charge on any atom is 0.0570 e. The van der Waals surface area contributed by atoms with Crippen LogP contribution in [0.25, 0.3) is 0 Å². The number of hydrogen-bond acceptors (Lipinski definition) is 2. The van der Waals surface area contributed by atoms with E-state index >= 15 is 0 Å². The van der Waals surface area contributed by atoms with Gasteiger partial charge >= 0.3 is 0 Å². The molecule has 0 bridgehead atoms. The van der Waals surface area contributed by atoms with Gasteiger partial charge in [0.1, 0.15) is 0 Å². The minimum absolute atomic E-state index is 1.10. The lowest BCUT2D eigenvalue weighted by atomic mass is 10.1. The van der Waals surface area contributed by atoms with Crippen molar-refractivity contribution in [2.75, 3.05) is 0 Å². The van der Waals surface area contributed by atoms with Crippen molar-refractivity contribution in [1.82, 2.24) is 0 Å². The molecule has 0 N–H and O–H groups in total. The Kier molecular flexibility index (Phi) is 4.46. The molecule has 2 aromatic carbocycles. The predicted molar refractivity (Wildman–Crippen MR) is 87.0 cm³/mol. The van der Waals surface area contributed by atoms with Crippen molar-refractivity contribution in [1.29, 1.82) is 0 Å². The Morgan fingerprint density at radius 3 is 1.40 bits per heavy atom. The zero-order valence-corrected chi connectivity index (χ0v) is 12.5. The van der Waals surface area contributed by atoms with Crippen LogP contribution in [0.5, 0.6) is 0 Å². The lowest BCUT2D eigenvalue weighted by Gasteiger charge is -2.00. The molecule has 20 heavy (non-hydrogen) atoms. The Morgan fingerprint density at radius 2 is 1.05 bits per heavy atom. The molecule has 0 unspecified atom stereocenters. The van der Waals surface area contributed by atoms with E-state index in [1.54, 1.807) is 12.4 Å². The van der Waals surface area contributed by atoms with Crippen LogP contribution in [0.1, 0.15) is 33.4 Å². The molecule has 2 nitrogen and oxygen atoms in total.